The van der Waals surface area contributed by atoms with Crippen molar-refractivity contribution in [3.8, 4) is 0 Å². The largest absolute Gasteiger partial charge is 0.465 e. The highest BCUT2D eigenvalue weighted by Crippen LogP contribution is 2.07. The van der Waals surface area contributed by atoms with Gasteiger partial charge < -0.3 is 10.8 Å². The molecule has 0 saturated heterocycles. The van der Waals surface area contributed by atoms with Crippen LogP contribution in [0.4, 0.5) is 4.79 Å². The van der Waals surface area contributed by atoms with Gasteiger partial charge in [0.05, 0.1) is 0 Å². The predicted octanol–water partition coefficient (Wildman–Crippen LogP) is 4.14. The first-order valence-electron chi connectivity index (χ1n) is 7.75. The van der Waals surface area contributed by atoms with Gasteiger partial charge in [-0.3, -0.25) is 4.90 Å². The third kappa shape index (κ3) is 11.8. The first-order valence-corrected chi connectivity index (χ1v) is 7.75. The van der Waals surface area contributed by atoms with Gasteiger partial charge in [-0.05, 0) is 19.0 Å². The monoisotopic (exact) mass is 282 g/mol. The van der Waals surface area contributed by atoms with Crippen molar-refractivity contribution in [2.45, 2.75) is 58.3 Å². The molecule has 4 heteroatoms. The minimum absolute atomic E-state index is 0.464. The van der Waals surface area contributed by atoms with E-state index in [4.69, 9.17) is 10.8 Å². The Bertz CT molecular complexity index is 280. The van der Waals surface area contributed by atoms with Crippen LogP contribution in [0, 0.1) is 0 Å². The summed E-state index contributed by atoms with van der Waals surface area (Å²) in [5.74, 6) is 0. The van der Waals surface area contributed by atoms with Gasteiger partial charge >= 0.3 is 6.09 Å². The van der Waals surface area contributed by atoms with Crippen LogP contribution in [0.1, 0.15) is 58.3 Å². The molecular formula is C16H30N2O2. The quantitative estimate of drug-likeness (QED) is 0.658. The van der Waals surface area contributed by atoms with E-state index in [2.05, 4.69) is 6.92 Å². The van der Waals surface area contributed by atoms with Gasteiger partial charge in [0, 0.05) is 12.7 Å². The van der Waals surface area contributed by atoms with Crippen LogP contribution in [0.15, 0.2) is 24.4 Å². The Hall–Kier alpha value is -1.29. The van der Waals surface area contributed by atoms with E-state index in [1.165, 1.54) is 62.5 Å². The highest BCUT2D eigenvalue weighted by atomic mass is 16.4. The van der Waals surface area contributed by atoms with Crippen molar-refractivity contribution in [3.63, 3.8) is 0 Å². The Kier molecular flexibility index (Phi) is 13.2. The molecular weight excluding hydrogens is 252 g/mol. The van der Waals surface area contributed by atoms with Crippen molar-refractivity contribution >= 4 is 6.09 Å². The fourth-order valence-electron chi connectivity index (χ4n) is 1.89. The van der Waals surface area contributed by atoms with Crippen LogP contribution in [0.3, 0.4) is 0 Å². The summed E-state index contributed by atoms with van der Waals surface area (Å²) in [6.45, 7) is 3.59. The molecule has 0 bridgehead atoms. The van der Waals surface area contributed by atoms with E-state index in [0.29, 0.717) is 6.54 Å². The lowest BCUT2D eigenvalue weighted by molar-refractivity contribution is 0.166. The molecule has 4 nitrogen and oxygen atoms in total. The van der Waals surface area contributed by atoms with E-state index in [1.807, 2.05) is 6.08 Å². The Morgan fingerprint density at radius 2 is 1.70 bits per heavy atom. The second kappa shape index (κ2) is 14.1. The fourth-order valence-corrected chi connectivity index (χ4v) is 1.89. The molecule has 116 valence electrons. The number of hydrogen-bond acceptors (Lipinski definition) is 2. The molecule has 0 fully saturated rings. The number of hydrogen-bond donors (Lipinski definition) is 2. The summed E-state index contributed by atoms with van der Waals surface area (Å²) in [5.41, 5.74) is 5.39. The lowest BCUT2D eigenvalue weighted by Crippen LogP contribution is -2.24. The summed E-state index contributed by atoms with van der Waals surface area (Å²) in [4.78, 5) is 11.4. The van der Waals surface area contributed by atoms with Gasteiger partial charge in [-0.2, -0.15) is 0 Å². The van der Waals surface area contributed by atoms with E-state index >= 15 is 0 Å². The van der Waals surface area contributed by atoms with E-state index in [-0.39, 0.29) is 0 Å². The van der Waals surface area contributed by atoms with Gasteiger partial charge in [0.25, 0.3) is 0 Å². The molecule has 1 aliphatic rings. The topological polar surface area (TPSA) is 66.6 Å². The van der Waals surface area contributed by atoms with Gasteiger partial charge in [-0.25, -0.2) is 4.79 Å². The van der Waals surface area contributed by atoms with E-state index in [1.54, 1.807) is 12.2 Å². The summed E-state index contributed by atoms with van der Waals surface area (Å²) >= 11 is 0. The maximum Gasteiger partial charge on any atom is 0.411 e. The summed E-state index contributed by atoms with van der Waals surface area (Å²) in [6, 6.07) is 0. The number of allylic oxidation sites excluding steroid dienone is 2. The molecule has 0 radical (unpaired) electrons. The van der Waals surface area contributed by atoms with Crippen LogP contribution in [0.5, 0.6) is 0 Å². The van der Waals surface area contributed by atoms with Crippen molar-refractivity contribution in [1.82, 2.24) is 4.90 Å². The molecule has 3 N–H and O–H groups in total. The second-order valence-electron chi connectivity index (χ2n) is 4.97. The number of carboxylic acid groups (broad SMARTS) is 1. The number of carbonyl (C=O) groups is 1. The third-order valence-corrected chi connectivity index (χ3v) is 3.12. The van der Waals surface area contributed by atoms with E-state index < -0.39 is 6.09 Å². The Balaban J connectivity index is 0.000000367. The molecule has 1 amide bonds. The molecule has 0 spiro atoms. The van der Waals surface area contributed by atoms with Crippen LogP contribution < -0.4 is 5.73 Å². The smallest absolute Gasteiger partial charge is 0.411 e. The average Bonchev–Trinajstić information content (AvgIpc) is 2.48. The Morgan fingerprint density at radius 1 is 1.10 bits per heavy atom. The van der Waals surface area contributed by atoms with Crippen LogP contribution in [-0.4, -0.2) is 29.2 Å². The zero-order valence-corrected chi connectivity index (χ0v) is 12.8. The lowest BCUT2D eigenvalue weighted by Gasteiger charge is -2.12. The Morgan fingerprint density at radius 3 is 2.10 bits per heavy atom. The van der Waals surface area contributed by atoms with Gasteiger partial charge in [-0.1, -0.05) is 64.0 Å². The number of amides is 1. The zero-order chi connectivity index (χ0) is 15.1. The van der Waals surface area contributed by atoms with Crippen molar-refractivity contribution in [2.24, 2.45) is 5.73 Å². The summed E-state index contributed by atoms with van der Waals surface area (Å²) in [6.07, 6.45) is 16.9. The predicted molar refractivity (Wildman–Crippen MR) is 84.7 cm³/mol. The maximum absolute atomic E-state index is 10.2. The molecule has 0 unspecified atom stereocenters. The maximum atomic E-state index is 10.2. The normalized spacial score (nSPS) is 13.0. The molecule has 1 rings (SSSR count). The minimum Gasteiger partial charge on any atom is -0.465 e. The molecule has 0 atom stereocenters. The standard InChI is InChI=1S/C10H23N.C6H7NO2/c1-2-3-4-5-6-7-8-9-10-11;8-6(9)7-4-2-1-3-5-7/h2-11H2,1H3;1-4H,5H2,(H,8,9). The minimum atomic E-state index is -0.907. The van der Waals surface area contributed by atoms with Crippen LogP contribution in [0.2, 0.25) is 0 Å². The van der Waals surface area contributed by atoms with Gasteiger partial charge in [0.15, 0.2) is 0 Å². The van der Waals surface area contributed by atoms with Crippen LogP contribution >= 0.6 is 0 Å². The summed E-state index contributed by atoms with van der Waals surface area (Å²) in [7, 11) is 0. The second-order valence-corrected chi connectivity index (χ2v) is 4.97. The van der Waals surface area contributed by atoms with Crippen LogP contribution in [-0.2, 0) is 0 Å². The van der Waals surface area contributed by atoms with Crippen molar-refractivity contribution in [1.29, 1.82) is 0 Å². The Labute approximate surface area is 123 Å². The zero-order valence-electron chi connectivity index (χ0n) is 12.8. The summed E-state index contributed by atoms with van der Waals surface area (Å²) in [5, 5.41) is 8.38. The van der Waals surface area contributed by atoms with Gasteiger partial charge in [0.2, 0.25) is 0 Å². The SMILES string of the molecule is CCCCCCCCCCN.O=C(O)N1C=CC=CC1. The third-order valence-electron chi connectivity index (χ3n) is 3.12. The fraction of sp³-hybridized carbons (Fsp3) is 0.688. The molecule has 0 aromatic rings. The lowest BCUT2D eigenvalue weighted by atomic mass is 10.1. The molecule has 0 aromatic heterocycles. The van der Waals surface area contributed by atoms with Crippen LogP contribution in [0.25, 0.3) is 0 Å². The molecule has 20 heavy (non-hydrogen) atoms. The number of rotatable bonds is 8. The first kappa shape index (κ1) is 18.7. The molecule has 0 aliphatic carbocycles. The molecule has 1 aliphatic heterocycles. The van der Waals surface area contributed by atoms with Crippen molar-refractivity contribution < 1.29 is 9.90 Å². The molecule has 0 saturated carbocycles. The molecule has 1 heterocycles. The van der Waals surface area contributed by atoms with Crippen molar-refractivity contribution in [3.05, 3.63) is 24.4 Å². The van der Waals surface area contributed by atoms with E-state index in [0.717, 1.165) is 6.54 Å². The number of nitrogens with zero attached hydrogens (tertiary/aromatic N) is 1. The number of unbranched alkanes of at least 4 members (excludes halogenated alkanes) is 7. The van der Waals surface area contributed by atoms with E-state index in [9.17, 15) is 4.79 Å². The van der Waals surface area contributed by atoms with Crippen molar-refractivity contribution in [2.75, 3.05) is 13.1 Å². The highest BCUT2D eigenvalue weighted by Gasteiger charge is 2.05. The number of nitrogens with two attached hydrogens (primary N) is 1. The summed E-state index contributed by atoms with van der Waals surface area (Å²) < 4.78 is 0. The van der Waals surface area contributed by atoms with Gasteiger partial charge in [0.1, 0.15) is 0 Å². The molecule has 0 aromatic carbocycles. The first-order chi connectivity index (χ1) is 9.72. The highest BCUT2D eigenvalue weighted by molar-refractivity contribution is 5.66. The van der Waals surface area contributed by atoms with Gasteiger partial charge in [-0.15, -0.1) is 0 Å². The average molecular weight is 282 g/mol.